The van der Waals surface area contributed by atoms with E-state index in [1.165, 1.54) is 0 Å². The van der Waals surface area contributed by atoms with Crippen molar-refractivity contribution in [1.82, 2.24) is 10.2 Å². The van der Waals surface area contributed by atoms with Gasteiger partial charge in [0.15, 0.2) is 0 Å². The Morgan fingerprint density at radius 1 is 1.33 bits per heavy atom. The number of amides is 1. The summed E-state index contributed by atoms with van der Waals surface area (Å²) in [5.74, 6) is 0.0110. The maximum atomic E-state index is 12.4. The van der Waals surface area contributed by atoms with Crippen LogP contribution in [0, 0.1) is 6.92 Å². The van der Waals surface area contributed by atoms with Gasteiger partial charge in [0.2, 0.25) is 0 Å². The molecule has 1 fully saturated rings. The summed E-state index contributed by atoms with van der Waals surface area (Å²) in [4.78, 5) is 14.6. The van der Waals surface area contributed by atoms with Gasteiger partial charge in [-0.1, -0.05) is 18.2 Å². The van der Waals surface area contributed by atoms with Crippen LogP contribution in [0.2, 0.25) is 0 Å². The van der Waals surface area contributed by atoms with Crippen LogP contribution in [0.1, 0.15) is 42.6 Å². The number of benzene rings is 1. The summed E-state index contributed by atoms with van der Waals surface area (Å²) in [5, 5.41) is 13.1. The van der Waals surface area contributed by atoms with Crippen LogP contribution in [0.4, 0.5) is 0 Å². The lowest BCUT2D eigenvalue weighted by Crippen LogP contribution is -2.47. The molecule has 1 aromatic rings. The fourth-order valence-corrected chi connectivity index (χ4v) is 3.00. The predicted molar refractivity (Wildman–Crippen MR) is 95.2 cm³/mol. The van der Waals surface area contributed by atoms with Crippen molar-refractivity contribution < 1.29 is 14.6 Å². The van der Waals surface area contributed by atoms with Crippen LogP contribution in [-0.4, -0.2) is 60.4 Å². The highest BCUT2D eigenvalue weighted by molar-refractivity contribution is 5.95. The molecule has 0 saturated carbocycles. The standard InChI is InChI=1S/C19H30N2O3/c1-14(2)24-13-17(22)12-21-10-8-16(9-11-21)20-19(23)18-7-5-4-6-15(18)3/h4-7,14,16-17,22H,8-13H2,1-3H3,(H,20,23). The molecule has 5 nitrogen and oxygen atoms in total. The number of nitrogens with one attached hydrogen (secondary N) is 1. The van der Waals surface area contributed by atoms with E-state index in [1.807, 2.05) is 45.0 Å². The molecule has 1 unspecified atom stereocenters. The summed E-state index contributed by atoms with van der Waals surface area (Å²) < 4.78 is 5.45. The number of carbonyl (C=O) groups is 1. The molecule has 1 aromatic carbocycles. The first-order chi connectivity index (χ1) is 11.5. The molecule has 1 atom stereocenters. The third-order valence-electron chi connectivity index (χ3n) is 4.40. The highest BCUT2D eigenvalue weighted by Crippen LogP contribution is 2.13. The lowest BCUT2D eigenvalue weighted by molar-refractivity contribution is -0.0114. The monoisotopic (exact) mass is 334 g/mol. The minimum Gasteiger partial charge on any atom is -0.389 e. The Labute approximate surface area is 145 Å². The fraction of sp³-hybridized carbons (Fsp3) is 0.632. The minimum atomic E-state index is -0.453. The second-order valence-corrected chi connectivity index (χ2v) is 6.90. The second-order valence-electron chi connectivity index (χ2n) is 6.90. The molecule has 0 aromatic heterocycles. The number of carbonyl (C=O) groups excluding carboxylic acids is 1. The van der Waals surface area contributed by atoms with Gasteiger partial charge in [-0.3, -0.25) is 4.79 Å². The Morgan fingerprint density at radius 3 is 2.62 bits per heavy atom. The van der Waals surface area contributed by atoms with Gasteiger partial charge in [-0.2, -0.15) is 0 Å². The molecule has 2 rings (SSSR count). The molecule has 0 spiro atoms. The van der Waals surface area contributed by atoms with Crippen molar-refractivity contribution in [3.63, 3.8) is 0 Å². The highest BCUT2D eigenvalue weighted by atomic mass is 16.5. The Balaban J connectivity index is 1.73. The quantitative estimate of drug-likeness (QED) is 0.800. The number of aliphatic hydroxyl groups excluding tert-OH is 1. The van der Waals surface area contributed by atoms with Crippen molar-refractivity contribution in [1.29, 1.82) is 0 Å². The van der Waals surface area contributed by atoms with Crippen LogP contribution in [0.3, 0.4) is 0 Å². The van der Waals surface area contributed by atoms with Gasteiger partial charge in [0.05, 0.1) is 18.8 Å². The van der Waals surface area contributed by atoms with Gasteiger partial charge < -0.3 is 20.1 Å². The van der Waals surface area contributed by atoms with Crippen LogP contribution in [0.25, 0.3) is 0 Å². The molecule has 2 N–H and O–H groups in total. The normalized spacial score (nSPS) is 17.9. The zero-order valence-corrected chi connectivity index (χ0v) is 15.0. The number of nitrogens with zero attached hydrogens (tertiary/aromatic N) is 1. The van der Waals surface area contributed by atoms with Gasteiger partial charge in [0.25, 0.3) is 5.91 Å². The van der Waals surface area contributed by atoms with E-state index in [4.69, 9.17) is 4.74 Å². The Morgan fingerprint density at radius 2 is 2.00 bits per heavy atom. The lowest BCUT2D eigenvalue weighted by atomic mass is 10.0. The summed E-state index contributed by atoms with van der Waals surface area (Å²) >= 11 is 0. The van der Waals surface area contributed by atoms with E-state index in [2.05, 4.69) is 10.2 Å². The highest BCUT2D eigenvalue weighted by Gasteiger charge is 2.23. The van der Waals surface area contributed by atoms with Crippen molar-refractivity contribution in [3.05, 3.63) is 35.4 Å². The Kier molecular flexibility index (Phi) is 7.21. The minimum absolute atomic E-state index is 0.0110. The fourth-order valence-electron chi connectivity index (χ4n) is 3.00. The van der Waals surface area contributed by atoms with Crippen LogP contribution in [-0.2, 0) is 4.74 Å². The molecule has 1 aliphatic rings. The number of likely N-dealkylation sites (tertiary alicyclic amines) is 1. The van der Waals surface area contributed by atoms with E-state index >= 15 is 0 Å². The second kappa shape index (κ2) is 9.16. The number of β-amino-alcohol motifs (C(OH)–C–C–N with tert-alkyl or cyclic N) is 1. The average molecular weight is 334 g/mol. The van der Waals surface area contributed by atoms with Gasteiger partial charge in [0.1, 0.15) is 0 Å². The molecule has 1 heterocycles. The molecular formula is C19H30N2O3. The van der Waals surface area contributed by atoms with Crippen molar-refractivity contribution in [3.8, 4) is 0 Å². The zero-order valence-electron chi connectivity index (χ0n) is 15.0. The van der Waals surface area contributed by atoms with E-state index in [1.54, 1.807) is 0 Å². The van der Waals surface area contributed by atoms with E-state index in [0.717, 1.165) is 37.1 Å². The summed E-state index contributed by atoms with van der Waals surface area (Å²) in [6, 6.07) is 7.87. The van der Waals surface area contributed by atoms with Gasteiger partial charge in [0, 0.05) is 31.2 Å². The first-order valence-corrected chi connectivity index (χ1v) is 8.84. The molecule has 1 amide bonds. The summed E-state index contributed by atoms with van der Waals surface area (Å²) in [6.07, 6.45) is 1.51. The molecule has 134 valence electrons. The molecule has 1 saturated heterocycles. The molecule has 1 aliphatic heterocycles. The van der Waals surface area contributed by atoms with Crippen LogP contribution in [0.5, 0.6) is 0 Å². The van der Waals surface area contributed by atoms with Crippen molar-refractivity contribution >= 4 is 5.91 Å². The Hall–Kier alpha value is -1.43. The third-order valence-corrected chi connectivity index (χ3v) is 4.40. The summed E-state index contributed by atoms with van der Waals surface area (Å²) in [5.41, 5.74) is 1.75. The van der Waals surface area contributed by atoms with E-state index in [-0.39, 0.29) is 18.1 Å². The molecule has 0 radical (unpaired) electrons. The maximum Gasteiger partial charge on any atom is 0.251 e. The maximum absolute atomic E-state index is 12.4. The van der Waals surface area contributed by atoms with Crippen molar-refractivity contribution in [2.75, 3.05) is 26.2 Å². The molecule has 24 heavy (non-hydrogen) atoms. The largest absolute Gasteiger partial charge is 0.389 e. The topological polar surface area (TPSA) is 61.8 Å². The molecule has 5 heteroatoms. The van der Waals surface area contributed by atoms with Crippen LogP contribution in [0.15, 0.2) is 24.3 Å². The first kappa shape index (κ1) is 18.9. The van der Waals surface area contributed by atoms with Crippen LogP contribution >= 0.6 is 0 Å². The van der Waals surface area contributed by atoms with Gasteiger partial charge >= 0.3 is 0 Å². The SMILES string of the molecule is Cc1ccccc1C(=O)NC1CCN(CC(O)COC(C)C)CC1. The molecule has 0 aliphatic carbocycles. The van der Waals surface area contributed by atoms with E-state index in [0.29, 0.717) is 13.2 Å². The number of hydrogen-bond donors (Lipinski definition) is 2. The van der Waals surface area contributed by atoms with E-state index < -0.39 is 6.10 Å². The smallest absolute Gasteiger partial charge is 0.251 e. The third kappa shape index (κ3) is 5.89. The predicted octanol–water partition coefficient (Wildman–Crippen LogP) is 1.98. The number of aryl methyl sites for hydroxylation is 1. The summed E-state index contributed by atoms with van der Waals surface area (Å²) in [6.45, 7) is 8.67. The first-order valence-electron chi connectivity index (χ1n) is 8.84. The van der Waals surface area contributed by atoms with Gasteiger partial charge in [-0.05, 0) is 45.2 Å². The average Bonchev–Trinajstić information content (AvgIpc) is 2.55. The van der Waals surface area contributed by atoms with Crippen molar-refractivity contribution in [2.45, 2.75) is 51.9 Å². The number of hydrogen-bond acceptors (Lipinski definition) is 4. The number of aliphatic hydroxyl groups is 1. The van der Waals surface area contributed by atoms with E-state index in [9.17, 15) is 9.90 Å². The summed E-state index contributed by atoms with van der Waals surface area (Å²) in [7, 11) is 0. The Bertz CT molecular complexity index is 525. The van der Waals surface area contributed by atoms with Gasteiger partial charge in [-0.25, -0.2) is 0 Å². The van der Waals surface area contributed by atoms with Gasteiger partial charge in [-0.15, -0.1) is 0 Å². The van der Waals surface area contributed by atoms with Crippen LogP contribution < -0.4 is 5.32 Å². The van der Waals surface area contributed by atoms with Crippen molar-refractivity contribution in [2.24, 2.45) is 0 Å². The lowest BCUT2D eigenvalue weighted by Gasteiger charge is -2.33. The number of ether oxygens (including phenoxy) is 1. The molecular weight excluding hydrogens is 304 g/mol. The zero-order chi connectivity index (χ0) is 17.5. The number of piperidine rings is 1. The molecule has 0 bridgehead atoms. The number of rotatable bonds is 7.